The van der Waals surface area contributed by atoms with Crippen LogP contribution >= 0.6 is 23.2 Å². The molecule has 0 aliphatic rings. The third-order valence-corrected chi connectivity index (χ3v) is 4.40. The van der Waals surface area contributed by atoms with Crippen molar-refractivity contribution in [3.05, 3.63) is 52.3 Å². The van der Waals surface area contributed by atoms with Gasteiger partial charge in [-0.3, -0.25) is 4.72 Å². The van der Waals surface area contributed by atoms with Crippen molar-refractivity contribution in [2.24, 2.45) is 0 Å². The summed E-state index contributed by atoms with van der Waals surface area (Å²) in [5.41, 5.74) is 0.548. The second-order valence-corrected chi connectivity index (χ2v) is 6.18. The Morgan fingerprint density at radius 2 is 1.95 bits per heavy atom. The maximum absolute atomic E-state index is 12.2. The second kappa shape index (κ2) is 5.67. The summed E-state index contributed by atoms with van der Waals surface area (Å²) in [6.45, 7) is 0. The number of hydrogen-bond acceptors (Lipinski definition) is 4. The summed E-state index contributed by atoms with van der Waals surface area (Å²) in [5.74, 6) is 0. The van der Waals surface area contributed by atoms with Crippen molar-refractivity contribution in [1.29, 1.82) is 5.26 Å². The summed E-state index contributed by atoms with van der Waals surface area (Å²) in [7, 11) is -3.86. The average molecular weight is 328 g/mol. The van der Waals surface area contributed by atoms with Crippen LogP contribution in [0.2, 0.25) is 10.2 Å². The van der Waals surface area contributed by atoms with E-state index in [9.17, 15) is 8.42 Å². The van der Waals surface area contributed by atoms with Gasteiger partial charge in [-0.2, -0.15) is 5.26 Å². The fraction of sp³-hybridized carbons (Fsp3) is 0. The Kier molecular flexibility index (Phi) is 4.14. The smallest absolute Gasteiger partial charge is 0.263 e. The molecule has 0 saturated carbocycles. The van der Waals surface area contributed by atoms with Gasteiger partial charge in [0.1, 0.15) is 10.0 Å². The Bertz CT molecular complexity index is 801. The molecule has 102 valence electrons. The van der Waals surface area contributed by atoms with Crippen LogP contribution < -0.4 is 4.72 Å². The normalized spacial score (nSPS) is 10.8. The molecule has 2 aromatic rings. The zero-order valence-corrected chi connectivity index (χ0v) is 12.2. The lowest BCUT2D eigenvalue weighted by molar-refractivity contribution is 0.601. The number of sulfonamides is 1. The largest absolute Gasteiger partial charge is 0.279 e. The average Bonchev–Trinajstić information content (AvgIpc) is 2.37. The molecule has 0 saturated heterocycles. The third-order valence-electron chi connectivity index (χ3n) is 2.33. The predicted molar refractivity (Wildman–Crippen MR) is 76.2 cm³/mol. The lowest BCUT2D eigenvalue weighted by Gasteiger charge is -2.09. The number of rotatable bonds is 3. The lowest BCUT2D eigenvalue weighted by atomic mass is 10.2. The van der Waals surface area contributed by atoms with Crippen LogP contribution in [0.1, 0.15) is 5.56 Å². The van der Waals surface area contributed by atoms with Crippen LogP contribution in [0, 0.1) is 11.3 Å². The quantitative estimate of drug-likeness (QED) is 0.878. The summed E-state index contributed by atoms with van der Waals surface area (Å²) in [6, 6.07) is 8.64. The van der Waals surface area contributed by atoms with E-state index in [0.29, 0.717) is 0 Å². The molecule has 8 heteroatoms. The maximum Gasteiger partial charge on any atom is 0.263 e. The number of pyridine rings is 1. The van der Waals surface area contributed by atoms with Gasteiger partial charge in [-0.25, -0.2) is 13.4 Å². The number of halogens is 2. The topological polar surface area (TPSA) is 82.8 Å². The van der Waals surface area contributed by atoms with Crippen molar-refractivity contribution in [3.63, 3.8) is 0 Å². The molecule has 1 aromatic heterocycles. The Morgan fingerprint density at radius 1 is 1.20 bits per heavy atom. The molecule has 1 heterocycles. The molecule has 0 spiro atoms. The van der Waals surface area contributed by atoms with Crippen molar-refractivity contribution in [3.8, 4) is 6.07 Å². The van der Waals surface area contributed by atoms with Gasteiger partial charge in [0.05, 0.1) is 22.3 Å². The monoisotopic (exact) mass is 327 g/mol. The van der Waals surface area contributed by atoms with Crippen LogP contribution in [0.4, 0.5) is 5.69 Å². The molecule has 5 nitrogen and oxygen atoms in total. The van der Waals surface area contributed by atoms with E-state index in [1.165, 1.54) is 36.5 Å². The second-order valence-electron chi connectivity index (χ2n) is 3.73. The maximum atomic E-state index is 12.2. The Balaban J connectivity index is 2.39. The molecule has 1 N–H and O–H groups in total. The highest BCUT2D eigenvalue weighted by Gasteiger charge is 2.18. The molecule has 20 heavy (non-hydrogen) atoms. The van der Waals surface area contributed by atoms with E-state index < -0.39 is 10.0 Å². The SMILES string of the molecule is N#Cc1ccc(S(=O)(=O)Nc2ccnc(Cl)c2)c(Cl)c1. The number of anilines is 1. The van der Waals surface area contributed by atoms with E-state index in [4.69, 9.17) is 28.5 Å². The third kappa shape index (κ3) is 3.20. The Morgan fingerprint density at radius 3 is 2.55 bits per heavy atom. The number of nitrogens with zero attached hydrogens (tertiary/aromatic N) is 2. The first kappa shape index (κ1) is 14.6. The van der Waals surface area contributed by atoms with Crippen LogP contribution in [0.15, 0.2) is 41.4 Å². The lowest BCUT2D eigenvalue weighted by Crippen LogP contribution is -2.13. The van der Waals surface area contributed by atoms with Crippen LogP contribution in [-0.2, 0) is 10.0 Å². The minimum Gasteiger partial charge on any atom is -0.279 e. The van der Waals surface area contributed by atoms with Crippen molar-refractivity contribution in [1.82, 2.24) is 4.98 Å². The Labute approximate surface area is 125 Å². The molecule has 0 fully saturated rings. The number of nitriles is 1. The van der Waals surface area contributed by atoms with E-state index >= 15 is 0 Å². The summed E-state index contributed by atoms with van der Waals surface area (Å²) in [5, 5.41) is 8.86. The summed E-state index contributed by atoms with van der Waals surface area (Å²) >= 11 is 11.6. The van der Waals surface area contributed by atoms with E-state index in [-0.39, 0.29) is 26.3 Å². The molecule has 0 aliphatic heterocycles. The van der Waals surface area contributed by atoms with Crippen LogP contribution in [0.5, 0.6) is 0 Å². The first-order chi connectivity index (χ1) is 9.42. The minimum atomic E-state index is -3.86. The standard InChI is InChI=1S/C12H7Cl2N3O2S/c13-10-5-8(7-15)1-2-11(10)20(18,19)17-9-3-4-16-12(14)6-9/h1-6H,(H,16,17). The van der Waals surface area contributed by atoms with Gasteiger partial charge < -0.3 is 0 Å². The zero-order valence-electron chi connectivity index (χ0n) is 9.84. The van der Waals surface area contributed by atoms with E-state index in [1.54, 1.807) is 0 Å². The Hall–Kier alpha value is -1.81. The summed E-state index contributed by atoms with van der Waals surface area (Å²) in [6.07, 6.45) is 1.38. The van der Waals surface area contributed by atoms with Gasteiger partial charge in [-0.15, -0.1) is 0 Å². The number of nitrogens with one attached hydrogen (secondary N) is 1. The molecule has 0 aliphatic carbocycles. The van der Waals surface area contributed by atoms with E-state index in [1.807, 2.05) is 6.07 Å². The van der Waals surface area contributed by atoms with Gasteiger partial charge in [-0.1, -0.05) is 23.2 Å². The number of aromatic nitrogens is 1. The first-order valence-corrected chi connectivity index (χ1v) is 7.50. The van der Waals surface area contributed by atoms with Crippen molar-refractivity contribution >= 4 is 38.9 Å². The molecule has 0 amide bonds. The highest BCUT2D eigenvalue weighted by molar-refractivity contribution is 7.92. The molecule has 0 radical (unpaired) electrons. The molecular formula is C12H7Cl2N3O2S. The molecule has 0 bridgehead atoms. The highest BCUT2D eigenvalue weighted by atomic mass is 35.5. The van der Waals surface area contributed by atoms with E-state index in [0.717, 1.165) is 0 Å². The fourth-order valence-corrected chi connectivity index (χ4v) is 3.23. The first-order valence-electron chi connectivity index (χ1n) is 5.26. The minimum absolute atomic E-state index is 0.0308. The number of hydrogen-bond donors (Lipinski definition) is 1. The summed E-state index contributed by atoms with van der Waals surface area (Å²) < 4.78 is 26.7. The predicted octanol–water partition coefficient (Wildman–Crippen LogP) is 3.06. The van der Waals surface area contributed by atoms with Gasteiger partial charge in [0.2, 0.25) is 0 Å². The van der Waals surface area contributed by atoms with Crippen LogP contribution in [0.3, 0.4) is 0 Å². The molecule has 0 unspecified atom stereocenters. The summed E-state index contributed by atoms with van der Waals surface area (Å²) in [4.78, 5) is 3.63. The molecule has 1 aromatic carbocycles. The van der Waals surface area contributed by atoms with Crippen molar-refractivity contribution < 1.29 is 8.42 Å². The molecule has 2 rings (SSSR count). The van der Waals surface area contributed by atoms with Crippen molar-refractivity contribution in [2.75, 3.05) is 4.72 Å². The van der Waals surface area contributed by atoms with Crippen LogP contribution in [-0.4, -0.2) is 13.4 Å². The van der Waals surface area contributed by atoms with Gasteiger partial charge in [0, 0.05) is 6.20 Å². The van der Waals surface area contributed by atoms with Crippen molar-refractivity contribution in [2.45, 2.75) is 4.90 Å². The van der Waals surface area contributed by atoms with Crippen LogP contribution in [0.25, 0.3) is 0 Å². The van der Waals surface area contributed by atoms with Gasteiger partial charge >= 0.3 is 0 Å². The van der Waals surface area contributed by atoms with Gasteiger partial charge in [0.25, 0.3) is 10.0 Å². The molecular weight excluding hydrogens is 321 g/mol. The zero-order chi connectivity index (χ0) is 14.8. The van der Waals surface area contributed by atoms with Gasteiger partial charge in [0.15, 0.2) is 0 Å². The van der Waals surface area contributed by atoms with Gasteiger partial charge in [-0.05, 0) is 30.3 Å². The molecule has 0 atom stereocenters. The van der Waals surface area contributed by atoms with E-state index in [2.05, 4.69) is 9.71 Å². The fourth-order valence-electron chi connectivity index (χ4n) is 1.46. The number of benzene rings is 1. The highest BCUT2D eigenvalue weighted by Crippen LogP contribution is 2.25.